The second-order valence-corrected chi connectivity index (χ2v) is 6.11. The maximum Gasteiger partial charge on any atom is 0.0320 e. The van der Waals surface area contributed by atoms with Gasteiger partial charge in [0.2, 0.25) is 0 Å². The zero-order valence-electron chi connectivity index (χ0n) is 13.4. The number of benzene rings is 1. The normalized spacial score (nSPS) is 13.5. The molecule has 1 N–H and O–H groups in total. The lowest BCUT2D eigenvalue weighted by Gasteiger charge is -2.25. The first-order valence-electron chi connectivity index (χ1n) is 7.89. The van der Waals surface area contributed by atoms with Crippen molar-refractivity contribution in [2.45, 2.75) is 71.8 Å². The van der Waals surface area contributed by atoms with Crippen LogP contribution in [0, 0.1) is 0 Å². The average Bonchev–Trinajstić information content (AvgIpc) is 2.43. The Kier molecular flexibility index (Phi) is 6.57. The largest absolute Gasteiger partial charge is 0.310 e. The maximum atomic E-state index is 3.61. The van der Waals surface area contributed by atoms with Crippen molar-refractivity contribution < 1.29 is 0 Å². The molecule has 1 nitrogen and oxygen atoms in total. The van der Waals surface area contributed by atoms with E-state index in [0.717, 1.165) is 6.54 Å². The van der Waals surface area contributed by atoms with Gasteiger partial charge in [0, 0.05) is 6.04 Å². The van der Waals surface area contributed by atoms with Gasteiger partial charge in [0.1, 0.15) is 0 Å². The van der Waals surface area contributed by atoms with Gasteiger partial charge in [-0.1, -0.05) is 71.7 Å². The van der Waals surface area contributed by atoms with Crippen molar-refractivity contribution in [1.82, 2.24) is 5.32 Å². The van der Waals surface area contributed by atoms with E-state index in [-0.39, 0.29) is 5.41 Å². The first-order chi connectivity index (χ1) is 9.05. The molecular weight excluding hydrogens is 230 g/mol. The highest BCUT2D eigenvalue weighted by atomic mass is 14.9. The van der Waals surface area contributed by atoms with E-state index in [4.69, 9.17) is 0 Å². The number of hydrogen-bond acceptors (Lipinski definition) is 1. The third-order valence-electron chi connectivity index (χ3n) is 4.28. The first kappa shape index (κ1) is 16.2. The summed E-state index contributed by atoms with van der Waals surface area (Å²) >= 11 is 0. The molecule has 0 fully saturated rings. The molecule has 0 aliphatic heterocycles. The van der Waals surface area contributed by atoms with Crippen LogP contribution in [-0.4, -0.2) is 6.54 Å². The number of unbranched alkanes of at least 4 members (excludes halogenated alkanes) is 1. The quantitative estimate of drug-likeness (QED) is 0.677. The van der Waals surface area contributed by atoms with Gasteiger partial charge < -0.3 is 5.32 Å². The lowest BCUT2D eigenvalue weighted by atomic mass is 9.81. The lowest BCUT2D eigenvalue weighted by Crippen LogP contribution is -2.21. The molecule has 1 aromatic rings. The van der Waals surface area contributed by atoms with Gasteiger partial charge in [-0.3, -0.25) is 0 Å². The van der Waals surface area contributed by atoms with Crippen molar-refractivity contribution in [3.8, 4) is 0 Å². The topological polar surface area (TPSA) is 12.0 Å². The van der Waals surface area contributed by atoms with Crippen LogP contribution in [0.4, 0.5) is 0 Å². The minimum atomic E-state index is 0.287. The van der Waals surface area contributed by atoms with E-state index in [1.165, 1.54) is 36.8 Å². The summed E-state index contributed by atoms with van der Waals surface area (Å²) in [5.74, 6) is 0. The van der Waals surface area contributed by atoms with Gasteiger partial charge in [0.05, 0.1) is 0 Å². The molecule has 0 saturated carbocycles. The van der Waals surface area contributed by atoms with Crippen molar-refractivity contribution >= 4 is 0 Å². The average molecular weight is 261 g/mol. The number of nitrogens with one attached hydrogen (secondary N) is 1. The molecule has 19 heavy (non-hydrogen) atoms. The van der Waals surface area contributed by atoms with Crippen LogP contribution in [-0.2, 0) is 5.41 Å². The summed E-state index contributed by atoms with van der Waals surface area (Å²) in [5.41, 5.74) is 3.17. The minimum Gasteiger partial charge on any atom is -0.310 e. The highest BCUT2D eigenvalue weighted by Gasteiger charge is 2.18. The summed E-state index contributed by atoms with van der Waals surface area (Å²) in [6.45, 7) is 12.4. The van der Waals surface area contributed by atoms with Gasteiger partial charge in [0.15, 0.2) is 0 Å². The molecule has 0 spiro atoms. The highest BCUT2D eigenvalue weighted by molar-refractivity contribution is 5.29. The van der Waals surface area contributed by atoms with Crippen molar-refractivity contribution in [1.29, 1.82) is 0 Å². The third-order valence-corrected chi connectivity index (χ3v) is 4.28. The van der Waals surface area contributed by atoms with Gasteiger partial charge in [-0.05, 0) is 35.9 Å². The Morgan fingerprint density at radius 2 is 1.68 bits per heavy atom. The number of rotatable bonds is 8. The van der Waals surface area contributed by atoms with Gasteiger partial charge in [-0.2, -0.15) is 0 Å². The fourth-order valence-electron chi connectivity index (χ4n) is 2.41. The fraction of sp³-hybridized carbons (Fsp3) is 0.667. The van der Waals surface area contributed by atoms with Gasteiger partial charge in [-0.15, -0.1) is 0 Å². The van der Waals surface area contributed by atoms with Crippen LogP contribution in [0.2, 0.25) is 0 Å². The Morgan fingerprint density at radius 3 is 2.16 bits per heavy atom. The molecule has 1 aromatic carbocycles. The van der Waals surface area contributed by atoms with Gasteiger partial charge in [-0.25, -0.2) is 0 Å². The lowest BCUT2D eigenvalue weighted by molar-refractivity contribution is 0.490. The monoisotopic (exact) mass is 261 g/mol. The zero-order chi connectivity index (χ0) is 14.3. The summed E-state index contributed by atoms with van der Waals surface area (Å²) in [6, 6.07) is 9.78. The fourth-order valence-corrected chi connectivity index (χ4v) is 2.41. The molecule has 1 heteroatoms. The van der Waals surface area contributed by atoms with Crippen LogP contribution in [0.15, 0.2) is 24.3 Å². The van der Waals surface area contributed by atoms with Crippen LogP contribution in [0.3, 0.4) is 0 Å². The molecule has 0 saturated heterocycles. The van der Waals surface area contributed by atoms with Crippen LogP contribution in [0.1, 0.15) is 77.5 Å². The third kappa shape index (κ3) is 4.65. The van der Waals surface area contributed by atoms with E-state index < -0.39 is 0 Å². The Morgan fingerprint density at radius 1 is 1.05 bits per heavy atom. The van der Waals surface area contributed by atoms with E-state index >= 15 is 0 Å². The van der Waals surface area contributed by atoms with Crippen molar-refractivity contribution in [2.75, 3.05) is 6.54 Å². The molecule has 0 aliphatic rings. The van der Waals surface area contributed by atoms with E-state index in [1.807, 2.05) is 0 Å². The molecule has 1 unspecified atom stereocenters. The van der Waals surface area contributed by atoms with Crippen molar-refractivity contribution in [2.24, 2.45) is 0 Å². The van der Waals surface area contributed by atoms with Crippen molar-refractivity contribution in [3.05, 3.63) is 35.4 Å². The van der Waals surface area contributed by atoms with E-state index in [1.54, 1.807) is 0 Å². The Hall–Kier alpha value is -0.820. The van der Waals surface area contributed by atoms with E-state index in [9.17, 15) is 0 Å². The Balaban J connectivity index is 2.82. The first-order valence-corrected chi connectivity index (χ1v) is 7.89. The number of hydrogen-bond donors (Lipinski definition) is 1. The minimum absolute atomic E-state index is 0.287. The Bertz CT molecular complexity index is 350. The molecule has 0 aromatic heterocycles. The molecule has 1 rings (SSSR count). The van der Waals surface area contributed by atoms with Crippen LogP contribution in [0.5, 0.6) is 0 Å². The molecule has 0 amide bonds. The summed E-state index contributed by atoms with van der Waals surface area (Å²) in [6.07, 6.45) is 4.97. The Labute approximate surface area is 119 Å². The zero-order valence-corrected chi connectivity index (χ0v) is 13.4. The van der Waals surface area contributed by atoms with Gasteiger partial charge >= 0.3 is 0 Å². The summed E-state index contributed by atoms with van der Waals surface area (Å²) < 4.78 is 0. The van der Waals surface area contributed by atoms with E-state index in [2.05, 4.69) is 64.2 Å². The predicted octanol–water partition coefficient (Wildman–Crippen LogP) is 5.22. The molecule has 0 heterocycles. The molecular formula is C18H31N. The van der Waals surface area contributed by atoms with Crippen LogP contribution in [0.25, 0.3) is 0 Å². The second kappa shape index (κ2) is 7.69. The second-order valence-electron chi connectivity index (χ2n) is 6.11. The predicted molar refractivity (Wildman–Crippen MR) is 85.7 cm³/mol. The summed E-state index contributed by atoms with van der Waals surface area (Å²) in [5, 5.41) is 3.61. The molecule has 0 aliphatic carbocycles. The molecule has 1 atom stereocenters. The highest BCUT2D eigenvalue weighted by Crippen LogP contribution is 2.28. The molecule has 0 radical (unpaired) electrons. The smallest absolute Gasteiger partial charge is 0.0320 e. The standard InChI is InChI=1S/C18H31N/c1-6-9-10-17(19-8-3)15-11-13-16(14-12-15)18(4,5)7-2/h11-14,17,19H,6-10H2,1-5H3. The maximum absolute atomic E-state index is 3.61. The summed E-state index contributed by atoms with van der Waals surface area (Å²) in [7, 11) is 0. The van der Waals surface area contributed by atoms with Crippen molar-refractivity contribution in [3.63, 3.8) is 0 Å². The molecule has 0 bridgehead atoms. The van der Waals surface area contributed by atoms with Gasteiger partial charge in [0.25, 0.3) is 0 Å². The molecule has 108 valence electrons. The van der Waals surface area contributed by atoms with Crippen LogP contribution >= 0.6 is 0 Å². The SMILES string of the molecule is CCCCC(NCC)c1ccc(C(C)(C)CC)cc1. The van der Waals surface area contributed by atoms with Crippen LogP contribution < -0.4 is 5.32 Å². The summed E-state index contributed by atoms with van der Waals surface area (Å²) in [4.78, 5) is 0. The van der Waals surface area contributed by atoms with E-state index in [0.29, 0.717) is 6.04 Å².